The van der Waals surface area contributed by atoms with Crippen molar-refractivity contribution in [2.24, 2.45) is 0 Å². The smallest absolute Gasteiger partial charge is 0.133 e. The van der Waals surface area contributed by atoms with Gasteiger partial charge in [0.05, 0.1) is 11.9 Å². The Balaban J connectivity index is 2.53. The van der Waals surface area contributed by atoms with Gasteiger partial charge in [0.25, 0.3) is 0 Å². The lowest BCUT2D eigenvalue weighted by Crippen LogP contribution is -1.94. The van der Waals surface area contributed by atoms with Gasteiger partial charge in [0.1, 0.15) is 5.75 Å². The van der Waals surface area contributed by atoms with Gasteiger partial charge in [0, 0.05) is 16.9 Å². The average molecular weight is 201 g/mol. The van der Waals surface area contributed by atoms with Crippen LogP contribution in [0.15, 0.2) is 36.5 Å². The maximum atomic E-state index is 9.11. The molecule has 1 aromatic carbocycles. The molecule has 4 nitrogen and oxygen atoms in total. The molecule has 0 atom stereocenters. The molecule has 4 heteroatoms. The fourth-order valence-electron chi connectivity index (χ4n) is 1.34. The second kappa shape index (κ2) is 3.49. The number of hydrogen-bond donors (Lipinski definition) is 3. The SMILES string of the molecule is Nc1ccc(N)c(-c2ccc(O)cn2)c1. The number of benzene rings is 1. The Kier molecular flexibility index (Phi) is 2.17. The van der Waals surface area contributed by atoms with E-state index in [4.69, 9.17) is 16.6 Å². The Morgan fingerprint density at radius 2 is 1.87 bits per heavy atom. The van der Waals surface area contributed by atoms with Gasteiger partial charge in [-0.2, -0.15) is 0 Å². The highest BCUT2D eigenvalue weighted by molar-refractivity contribution is 5.77. The molecule has 0 aliphatic carbocycles. The first kappa shape index (κ1) is 9.33. The molecule has 0 saturated heterocycles. The fraction of sp³-hybridized carbons (Fsp3) is 0. The topological polar surface area (TPSA) is 85.2 Å². The fourth-order valence-corrected chi connectivity index (χ4v) is 1.34. The number of pyridine rings is 1. The van der Waals surface area contributed by atoms with Gasteiger partial charge >= 0.3 is 0 Å². The molecule has 0 aliphatic rings. The van der Waals surface area contributed by atoms with E-state index in [1.165, 1.54) is 6.20 Å². The normalized spacial score (nSPS) is 10.1. The van der Waals surface area contributed by atoms with Crippen LogP contribution in [0, 0.1) is 0 Å². The molecule has 2 rings (SSSR count). The first-order chi connectivity index (χ1) is 7.16. The van der Waals surface area contributed by atoms with Crippen molar-refractivity contribution in [1.82, 2.24) is 4.98 Å². The lowest BCUT2D eigenvalue weighted by molar-refractivity contribution is 0.473. The van der Waals surface area contributed by atoms with Crippen LogP contribution >= 0.6 is 0 Å². The number of aromatic hydroxyl groups is 1. The van der Waals surface area contributed by atoms with E-state index in [0.29, 0.717) is 17.1 Å². The Morgan fingerprint density at radius 3 is 2.53 bits per heavy atom. The predicted octanol–water partition coefficient (Wildman–Crippen LogP) is 1.62. The molecule has 0 fully saturated rings. The van der Waals surface area contributed by atoms with Gasteiger partial charge in [-0.15, -0.1) is 0 Å². The van der Waals surface area contributed by atoms with E-state index >= 15 is 0 Å². The molecule has 0 unspecified atom stereocenters. The minimum atomic E-state index is 0.126. The average Bonchev–Trinajstić information content (AvgIpc) is 2.23. The van der Waals surface area contributed by atoms with Crippen LogP contribution in [-0.4, -0.2) is 10.1 Å². The van der Waals surface area contributed by atoms with Crippen LogP contribution in [0.4, 0.5) is 11.4 Å². The molecule has 0 radical (unpaired) electrons. The van der Waals surface area contributed by atoms with Crippen LogP contribution in [0.1, 0.15) is 0 Å². The van der Waals surface area contributed by atoms with Gasteiger partial charge in [-0.05, 0) is 30.3 Å². The molecular weight excluding hydrogens is 190 g/mol. The second-order valence-corrected chi connectivity index (χ2v) is 3.25. The minimum absolute atomic E-state index is 0.126. The van der Waals surface area contributed by atoms with Gasteiger partial charge in [-0.25, -0.2) is 0 Å². The number of nitrogens with zero attached hydrogens (tertiary/aromatic N) is 1. The number of nitrogen functional groups attached to an aromatic ring is 2. The van der Waals surface area contributed by atoms with Gasteiger partial charge in [-0.3, -0.25) is 4.98 Å². The lowest BCUT2D eigenvalue weighted by Gasteiger charge is -2.05. The number of aromatic nitrogens is 1. The summed E-state index contributed by atoms with van der Waals surface area (Å²) in [4.78, 5) is 4.06. The summed E-state index contributed by atoms with van der Waals surface area (Å²) in [5.41, 5.74) is 14.2. The maximum Gasteiger partial charge on any atom is 0.133 e. The standard InChI is InChI=1S/C11H11N3O/c12-7-1-3-10(13)9(5-7)11-4-2-8(15)6-14-11/h1-6,15H,12-13H2. The number of anilines is 2. The van der Waals surface area contributed by atoms with Crippen molar-refractivity contribution in [2.75, 3.05) is 11.5 Å². The summed E-state index contributed by atoms with van der Waals surface area (Å²) in [6.45, 7) is 0. The first-order valence-electron chi connectivity index (χ1n) is 4.47. The number of rotatable bonds is 1. The van der Waals surface area contributed by atoms with Crippen LogP contribution in [0.25, 0.3) is 11.3 Å². The van der Waals surface area contributed by atoms with E-state index in [9.17, 15) is 0 Å². The summed E-state index contributed by atoms with van der Waals surface area (Å²) < 4.78 is 0. The Bertz CT molecular complexity index is 480. The molecule has 1 heterocycles. The van der Waals surface area contributed by atoms with Gasteiger partial charge in [-0.1, -0.05) is 0 Å². The van der Waals surface area contributed by atoms with E-state index in [1.54, 1.807) is 30.3 Å². The third kappa shape index (κ3) is 1.83. The highest BCUT2D eigenvalue weighted by Gasteiger charge is 2.04. The zero-order chi connectivity index (χ0) is 10.8. The minimum Gasteiger partial charge on any atom is -0.506 e. The molecule has 0 amide bonds. The summed E-state index contributed by atoms with van der Waals surface area (Å²) in [7, 11) is 0. The van der Waals surface area contributed by atoms with Crippen molar-refractivity contribution in [1.29, 1.82) is 0 Å². The Labute approximate surface area is 87.2 Å². The summed E-state index contributed by atoms with van der Waals surface area (Å²) in [6.07, 6.45) is 1.37. The maximum absolute atomic E-state index is 9.11. The summed E-state index contributed by atoms with van der Waals surface area (Å²) in [5.74, 6) is 0.126. The second-order valence-electron chi connectivity index (χ2n) is 3.25. The molecule has 76 valence electrons. The quantitative estimate of drug-likeness (QED) is 0.612. The monoisotopic (exact) mass is 201 g/mol. The van der Waals surface area contributed by atoms with E-state index in [0.717, 1.165) is 5.56 Å². The molecular formula is C11H11N3O. The van der Waals surface area contributed by atoms with Gasteiger partial charge in [0.15, 0.2) is 0 Å². The van der Waals surface area contributed by atoms with E-state index in [1.807, 2.05) is 0 Å². The Hall–Kier alpha value is -2.23. The predicted molar refractivity (Wildman–Crippen MR) is 60.2 cm³/mol. The molecule has 0 saturated carbocycles. The van der Waals surface area contributed by atoms with Crippen molar-refractivity contribution < 1.29 is 5.11 Å². The lowest BCUT2D eigenvalue weighted by atomic mass is 10.1. The summed E-state index contributed by atoms with van der Waals surface area (Å²) in [5, 5.41) is 9.11. The highest BCUT2D eigenvalue weighted by Crippen LogP contribution is 2.26. The third-order valence-electron chi connectivity index (χ3n) is 2.10. The van der Waals surface area contributed by atoms with E-state index in [-0.39, 0.29) is 5.75 Å². The summed E-state index contributed by atoms with van der Waals surface area (Å²) >= 11 is 0. The summed E-state index contributed by atoms with van der Waals surface area (Å²) in [6, 6.07) is 8.48. The van der Waals surface area contributed by atoms with Crippen LogP contribution in [0.5, 0.6) is 5.75 Å². The number of hydrogen-bond acceptors (Lipinski definition) is 4. The van der Waals surface area contributed by atoms with E-state index in [2.05, 4.69) is 4.98 Å². The van der Waals surface area contributed by atoms with Crippen molar-refractivity contribution in [3.63, 3.8) is 0 Å². The third-order valence-corrected chi connectivity index (χ3v) is 2.10. The first-order valence-corrected chi connectivity index (χ1v) is 4.47. The van der Waals surface area contributed by atoms with Crippen LogP contribution in [0.2, 0.25) is 0 Å². The number of nitrogens with two attached hydrogens (primary N) is 2. The van der Waals surface area contributed by atoms with Crippen LogP contribution < -0.4 is 11.5 Å². The van der Waals surface area contributed by atoms with Gasteiger partial charge < -0.3 is 16.6 Å². The van der Waals surface area contributed by atoms with Crippen molar-refractivity contribution in [3.05, 3.63) is 36.5 Å². The molecule has 0 aliphatic heterocycles. The van der Waals surface area contributed by atoms with Crippen molar-refractivity contribution in [2.45, 2.75) is 0 Å². The molecule has 2 aromatic rings. The highest BCUT2D eigenvalue weighted by atomic mass is 16.3. The van der Waals surface area contributed by atoms with Crippen molar-refractivity contribution in [3.8, 4) is 17.0 Å². The van der Waals surface area contributed by atoms with Gasteiger partial charge in [0.2, 0.25) is 0 Å². The molecule has 0 spiro atoms. The van der Waals surface area contributed by atoms with Crippen LogP contribution in [0.3, 0.4) is 0 Å². The zero-order valence-corrected chi connectivity index (χ0v) is 8.01. The van der Waals surface area contributed by atoms with E-state index < -0.39 is 0 Å². The molecule has 5 N–H and O–H groups in total. The molecule has 1 aromatic heterocycles. The van der Waals surface area contributed by atoms with Crippen LogP contribution in [-0.2, 0) is 0 Å². The Morgan fingerprint density at radius 1 is 1.07 bits per heavy atom. The van der Waals surface area contributed by atoms with Crippen molar-refractivity contribution >= 4 is 11.4 Å². The molecule has 0 bridgehead atoms. The largest absolute Gasteiger partial charge is 0.506 e. The molecule has 15 heavy (non-hydrogen) atoms. The zero-order valence-electron chi connectivity index (χ0n) is 8.01.